The van der Waals surface area contributed by atoms with E-state index in [9.17, 15) is 9.18 Å². The predicted molar refractivity (Wildman–Crippen MR) is 112 cm³/mol. The van der Waals surface area contributed by atoms with Gasteiger partial charge in [0.15, 0.2) is 17.3 Å². The van der Waals surface area contributed by atoms with E-state index >= 15 is 0 Å². The number of ether oxygens (including phenoxy) is 2. The summed E-state index contributed by atoms with van der Waals surface area (Å²) in [6.45, 7) is 0. The third-order valence-electron chi connectivity index (χ3n) is 4.45. The number of methoxy groups -OCH3 is 1. The molecule has 4 nitrogen and oxygen atoms in total. The lowest BCUT2D eigenvalue weighted by molar-refractivity contribution is 0.101. The number of para-hydroxylation sites is 2. The van der Waals surface area contributed by atoms with Gasteiger partial charge in [-0.3, -0.25) is 4.79 Å². The van der Waals surface area contributed by atoms with Gasteiger partial charge in [0.2, 0.25) is 5.78 Å². The Morgan fingerprint density at radius 1 is 0.933 bits per heavy atom. The Kier molecular flexibility index (Phi) is 5.55. The fraction of sp³-hybridized carbons (Fsp3) is 0.0417. The quantitative estimate of drug-likeness (QED) is 0.322. The molecule has 3 aromatic carbocycles. The SMILES string of the molecule is COc1ccccc1Oc1ccc(C(=O)c2ccc(-c3ccc(F)c(Cl)c3)o2)cc1. The molecule has 6 heteroatoms. The normalized spacial score (nSPS) is 10.6. The maximum absolute atomic E-state index is 13.3. The summed E-state index contributed by atoms with van der Waals surface area (Å²) in [5, 5.41) is -0.0117. The van der Waals surface area contributed by atoms with E-state index in [1.165, 1.54) is 18.2 Å². The smallest absolute Gasteiger partial charge is 0.228 e. The number of halogens is 2. The minimum absolute atomic E-state index is 0.0117. The molecular formula is C24H16ClFO4. The lowest BCUT2D eigenvalue weighted by Gasteiger charge is -2.10. The van der Waals surface area contributed by atoms with Gasteiger partial charge in [0.1, 0.15) is 17.3 Å². The highest BCUT2D eigenvalue weighted by molar-refractivity contribution is 6.31. The molecule has 0 unspecified atom stereocenters. The molecule has 0 N–H and O–H groups in total. The summed E-state index contributed by atoms with van der Waals surface area (Å²) in [7, 11) is 1.57. The van der Waals surface area contributed by atoms with Crippen LogP contribution in [0, 0.1) is 5.82 Å². The molecule has 1 aromatic heterocycles. The van der Waals surface area contributed by atoms with Gasteiger partial charge in [0.25, 0.3) is 0 Å². The number of ketones is 1. The number of rotatable bonds is 6. The van der Waals surface area contributed by atoms with Gasteiger partial charge in [-0.25, -0.2) is 4.39 Å². The minimum atomic E-state index is -0.515. The number of carbonyl (C=O) groups is 1. The summed E-state index contributed by atoms with van der Waals surface area (Å²) < 4.78 is 30.1. The molecular weight excluding hydrogens is 407 g/mol. The molecule has 0 atom stereocenters. The fourth-order valence-electron chi connectivity index (χ4n) is 2.91. The second-order valence-electron chi connectivity index (χ2n) is 6.40. The number of hydrogen-bond acceptors (Lipinski definition) is 4. The average Bonchev–Trinajstić information content (AvgIpc) is 3.26. The first kappa shape index (κ1) is 19.7. The molecule has 150 valence electrons. The first-order chi connectivity index (χ1) is 14.5. The summed E-state index contributed by atoms with van der Waals surface area (Å²) in [5.41, 5.74) is 1.03. The number of carbonyl (C=O) groups excluding carboxylic acids is 1. The zero-order valence-electron chi connectivity index (χ0n) is 15.9. The van der Waals surface area contributed by atoms with Crippen LogP contribution in [-0.2, 0) is 0 Å². The first-order valence-electron chi connectivity index (χ1n) is 9.06. The van der Waals surface area contributed by atoms with Crippen LogP contribution in [0.1, 0.15) is 16.1 Å². The second-order valence-corrected chi connectivity index (χ2v) is 6.81. The molecule has 0 saturated heterocycles. The largest absolute Gasteiger partial charge is 0.493 e. The molecule has 4 rings (SSSR count). The molecule has 0 saturated carbocycles. The Balaban J connectivity index is 1.51. The lowest BCUT2D eigenvalue weighted by Crippen LogP contribution is -1.99. The van der Waals surface area contributed by atoms with Crippen LogP contribution in [0.5, 0.6) is 17.2 Å². The summed E-state index contributed by atoms with van der Waals surface area (Å²) in [6.07, 6.45) is 0. The van der Waals surface area contributed by atoms with Crippen molar-refractivity contribution in [2.45, 2.75) is 0 Å². The molecule has 0 fully saturated rings. The van der Waals surface area contributed by atoms with E-state index < -0.39 is 5.82 Å². The van der Waals surface area contributed by atoms with Crippen molar-refractivity contribution in [3.63, 3.8) is 0 Å². The zero-order chi connectivity index (χ0) is 21.1. The summed E-state index contributed by atoms with van der Waals surface area (Å²) in [5.74, 6) is 1.56. The highest BCUT2D eigenvalue weighted by Gasteiger charge is 2.16. The highest BCUT2D eigenvalue weighted by atomic mass is 35.5. The fourth-order valence-corrected chi connectivity index (χ4v) is 3.09. The molecule has 0 bridgehead atoms. The van der Waals surface area contributed by atoms with Gasteiger partial charge < -0.3 is 13.9 Å². The van der Waals surface area contributed by atoms with E-state index in [0.29, 0.717) is 34.1 Å². The first-order valence-corrected chi connectivity index (χ1v) is 9.44. The molecule has 4 aromatic rings. The van der Waals surface area contributed by atoms with E-state index in [2.05, 4.69) is 0 Å². The van der Waals surface area contributed by atoms with Crippen LogP contribution < -0.4 is 9.47 Å². The Hall–Kier alpha value is -3.57. The van der Waals surface area contributed by atoms with E-state index in [1.54, 1.807) is 55.6 Å². The van der Waals surface area contributed by atoms with Crippen LogP contribution in [0.15, 0.2) is 83.3 Å². The van der Waals surface area contributed by atoms with E-state index in [1.807, 2.05) is 12.1 Å². The van der Waals surface area contributed by atoms with Crippen LogP contribution in [-0.4, -0.2) is 12.9 Å². The van der Waals surface area contributed by atoms with Crippen molar-refractivity contribution < 1.29 is 23.1 Å². The summed E-state index contributed by atoms with van der Waals surface area (Å²) in [4.78, 5) is 12.7. The van der Waals surface area contributed by atoms with Gasteiger partial charge in [-0.1, -0.05) is 23.7 Å². The van der Waals surface area contributed by atoms with E-state index in [4.69, 9.17) is 25.5 Å². The Labute approximate surface area is 177 Å². The maximum Gasteiger partial charge on any atom is 0.228 e. The summed E-state index contributed by atoms with van der Waals surface area (Å²) in [6, 6.07) is 21.5. The zero-order valence-corrected chi connectivity index (χ0v) is 16.7. The van der Waals surface area contributed by atoms with Gasteiger partial charge in [-0.2, -0.15) is 0 Å². The Bertz CT molecular complexity index is 1200. The van der Waals surface area contributed by atoms with Gasteiger partial charge in [-0.15, -0.1) is 0 Å². The van der Waals surface area contributed by atoms with Crippen molar-refractivity contribution >= 4 is 17.4 Å². The van der Waals surface area contributed by atoms with Crippen LogP contribution in [0.25, 0.3) is 11.3 Å². The monoisotopic (exact) mass is 422 g/mol. The molecule has 0 spiro atoms. The van der Waals surface area contributed by atoms with Crippen molar-refractivity contribution in [2.24, 2.45) is 0 Å². The Morgan fingerprint density at radius 3 is 2.37 bits per heavy atom. The molecule has 1 heterocycles. The summed E-state index contributed by atoms with van der Waals surface area (Å²) >= 11 is 5.82. The predicted octanol–water partition coefficient (Wildman–Crippen LogP) is 6.77. The number of hydrogen-bond donors (Lipinski definition) is 0. The third kappa shape index (κ3) is 4.07. The van der Waals surface area contributed by atoms with Gasteiger partial charge in [-0.05, 0) is 66.7 Å². The second kappa shape index (κ2) is 8.43. The average molecular weight is 423 g/mol. The van der Waals surface area contributed by atoms with E-state index in [-0.39, 0.29) is 16.6 Å². The van der Waals surface area contributed by atoms with Crippen LogP contribution >= 0.6 is 11.6 Å². The molecule has 0 radical (unpaired) electrons. The van der Waals surface area contributed by atoms with Crippen molar-refractivity contribution in [3.8, 4) is 28.6 Å². The molecule has 0 aliphatic carbocycles. The van der Waals surface area contributed by atoms with Crippen LogP contribution in [0.3, 0.4) is 0 Å². The van der Waals surface area contributed by atoms with Gasteiger partial charge >= 0.3 is 0 Å². The van der Waals surface area contributed by atoms with Crippen molar-refractivity contribution in [1.82, 2.24) is 0 Å². The topological polar surface area (TPSA) is 48.7 Å². The van der Waals surface area contributed by atoms with Gasteiger partial charge in [0, 0.05) is 11.1 Å². The molecule has 0 amide bonds. The van der Waals surface area contributed by atoms with E-state index in [0.717, 1.165) is 0 Å². The van der Waals surface area contributed by atoms with Crippen molar-refractivity contribution in [2.75, 3.05) is 7.11 Å². The Morgan fingerprint density at radius 2 is 1.67 bits per heavy atom. The molecule has 0 aliphatic heterocycles. The standard InChI is InChI=1S/C24H16ClFO4/c1-28-21-4-2-3-5-22(21)29-17-9-6-15(7-10-17)24(27)23-13-12-20(30-23)16-8-11-19(26)18(25)14-16/h2-14H,1H3. The maximum atomic E-state index is 13.3. The van der Waals surface area contributed by atoms with Crippen LogP contribution in [0.4, 0.5) is 4.39 Å². The van der Waals surface area contributed by atoms with Gasteiger partial charge in [0.05, 0.1) is 12.1 Å². The minimum Gasteiger partial charge on any atom is -0.493 e. The highest BCUT2D eigenvalue weighted by Crippen LogP contribution is 2.31. The third-order valence-corrected chi connectivity index (χ3v) is 4.74. The van der Waals surface area contributed by atoms with Crippen molar-refractivity contribution in [1.29, 1.82) is 0 Å². The van der Waals surface area contributed by atoms with Crippen LogP contribution in [0.2, 0.25) is 5.02 Å². The molecule has 30 heavy (non-hydrogen) atoms. The van der Waals surface area contributed by atoms with Crippen molar-refractivity contribution in [3.05, 3.63) is 101 Å². The molecule has 0 aliphatic rings. The lowest BCUT2D eigenvalue weighted by atomic mass is 10.1. The number of furan rings is 1. The number of benzene rings is 3.